The van der Waals surface area contributed by atoms with Gasteiger partial charge in [-0.2, -0.15) is 8.42 Å². The van der Waals surface area contributed by atoms with Crippen molar-refractivity contribution in [2.75, 3.05) is 6.61 Å². The molecule has 0 saturated carbocycles. The highest BCUT2D eigenvalue weighted by Gasteiger charge is 2.19. The monoisotopic (exact) mass is 196 g/mol. The summed E-state index contributed by atoms with van der Waals surface area (Å²) in [5, 5.41) is -1.57. The van der Waals surface area contributed by atoms with Gasteiger partial charge in [-0.1, -0.05) is 19.8 Å². The molecule has 0 fully saturated rings. The average Bonchev–Trinajstić information content (AvgIpc) is 1.96. The van der Waals surface area contributed by atoms with Crippen LogP contribution >= 0.6 is 0 Å². The molecule has 12 heavy (non-hydrogen) atoms. The maximum atomic E-state index is 10.4. The van der Waals surface area contributed by atoms with E-state index in [1.807, 2.05) is 6.92 Å². The summed E-state index contributed by atoms with van der Waals surface area (Å²) in [6.45, 7) is 2.00. The molecule has 0 aliphatic rings. The zero-order chi connectivity index (χ0) is 9.61. The second-order valence-corrected chi connectivity index (χ2v) is 3.56. The average molecular weight is 196 g/mol. The van der Waals surface area contributed by atoms with Crippen molar-refractivity contribution in [3.63, 3.8) is 0 Å². The van der Waals surface area contributed by atoms with Gasteiger partial charge in [-0.15, -0.1) is 0 Å². The zero-order valence-electron chi connectivity index (χ0n) is 6.82. The highest BCUT2D eigenvalue weighted by molar-refractivity contribution is 8.00. The predicted molar refractivity (Wildman–Crippen MR) is 42.4 cm³/mol. The summed E-state index contributed by atoms with van der Waals surface area (Å²) in [5.74, 6) is 0. The fourth-order valence-corrected chi connectivity index (χ4v) is 0.814. The smallest absolute Gasteiger partial charge is 0.451 e. The number of ether oxygens (including phenoxy) is 1. The van der Waals surface area contributed by atoms with E-state index in [0.717, 1.165) is 12.8 Å². The topological polar surface area (TPSA) is 80.7 Å². The van der Waals surface area contributed by atoms with Crippen molar-refractivity contribution in [1.29, 1.82) is 0 Å². The first-order valence-corrected chi connectivity index (χ1v) is 5.06. The minimum atomic E-state index is -4.65. The molecule has 0 radical (unpaired) electrons. The highest BCUT2D eigenvalue weighted by Crippen LogP contribution is 1.97. The third-order valence-electron chi connectivity index (χ3n) is 1.18. The Morgan fingerprint density at radius 3 is 2.42 bits per heavy atom. The van der Waals surface area contributed by atoms with Gasteiger partial charge in [0.1, 0.15) is 0 Å². The summed E-state index contributed by atoms with van der Waals surface area (Å²) in [6.07, 6.45) is 2.42. The first-order valence-electron chi connectivity index (χ1n) is 3.62. The van der Waals surface area contributed by atoms with Crippen molar-refractivity contribution in [3.05, 3.63) is 0 Å². The molecule has 0 aromatic heterocycles. The van der Waals surface area contributed by atoms with Crippen LogP contribution < -0.4 is 0 Å². The summed E-state index contributed by atoms with van der Waals surface area (Å²) in [6, 6.07) is 0. The molecular weight excluding hydrogens is 184 g/mol. The lowest BCUT2D eigenvalue weighted by atomic mass is 10.3. The number of hydrogen-bond donors (Lipinski definition) is 1. The molecule has 0 heterocycles. The van der Waals surface area contributed by atoms with Gasteiger partial charge in [-0.3, -0.25) is 4.55 Å². The van der Waals surface area contributed by atoms with Gasteiger partial charge < -0.3 is 4.74 Å². The Hall–Kier alpha value is -0.620. The summed E-state index contributed by atoms with van der Waals surface area (Å²) < 4.78 is 32.5. The van der Waals surface area contributed by atoms with E-state index in [9.17, 15) is 13.2 Å². The Morgan fingerprint density at radius 1 is 1.42 bits per heavy atom. The van der Waals surface area contributed by atoms with Gasteiger partial charge in [0, 0.05) is 0 Å². The number of rotatable bonds is 4. The van der Waals surface area contributed by atoms with E-state index in [4.69, 9.17) is 4.55 Å². The van der Waals surface area contributed by atoms with Gasteiger partial charge in [0.2, 0.25) is 0 Å². The van der Waals surface area contributed by atoms with Gasteiger partial charge in [0.15, 0.2) is 0 Å². The molecule has 0 atom stereocenters. The van der Waals surface area contributed by atoms with E-state index >= 15 is 0 Å². The van der Waals surface area contributed by atoms with E-state index in [1.165, 1.54) is 0 Å². The van der Waals surface area contributed by atoms with Gasteiger partial charge in [0.25, 0.3) is 0 Å². The maximum absolute atomic E-state index is 10.4. The molecule has 72 valence electrons. The molecule has 5 nitrogen and oxygen atoms in total. The summed E-state index contributed by atoms with van der Waals surface area (Å²) in [7, 11) is -4.65. The van der Waals surface area contributed by atoms with Crippen molar-refractivity contribution in [2.24, 2.45) is 0 Å². The van der Waals surface area contributed by atoms with Crippen molar-refractivity contribution >= 4 is 15.4 Å². The summed E-state index contributed by atoms with van der Waals surface area (Å²) >= 11 is 0. The van der Waals surface area contributed by atoms with E-state index in [1.54, 1.807) is 0 Å². The van der Waals surface area contributed by atoms with Crippen LogP contribution in [-0.2, 0) is 14.9 Å². The third-order valence-corrected chi connectivity index (χ3v) is 1.72. The number of unbranched alkanes of at least 4 members (excludes halogenated alkanes) is 2. The largest absolute Gasteiger partial charge is 0.452 e. The van der Waals surface area contributed by atoms with Crippen molar-refractivity contribution in [2.45, 2.75) is 26.2 Å². The SMILES string of the molecule is CCCCCOC(=O)S(=O)(=O)O. The third kappa shape index (κ3) is 5.09. The van der Waals surface area contributed by atoms with Crippen LogP contribution in [0.3, 0.4) is 0 Å². The molecule has 0 aromatic carbocycles. The number of carbonyl (C=O) groups excluding carboxylic acids is 1. The Kier molecular flexibility index (Phi) is 4.84. The van der Waals surface area contributed by atoms with Crippen LogP contribution in [-0.4, -0.2) is 24.9 Å². The molecule has 0 aliphatic carbocycles. The van der Waals surface area contributed by atoms with Crippen molar-refractivity contribution < 1.29 is 22.5 Å². The van der Waals surface area contributed by atoms with Gasteiger partial charge >= 0.3 is 15.4 Å². The minimum absolute atomic E-state index is 0.0342. The predicted octanol–water partition coefficient (Wildman–Crippen LogP) is 1.20. The first kappa shape index (κ1) is 11.4. The lowest BCUT2D eigenvalue weighted by Gasteiger charge is -2.00. The van der Waals surface area contributed by atoms with Crippen LogP contribution in [0.25, 0.3) is 0 Å². The Labute approximate surface area is 71.5 Å². The fraction of sp³-hybridized carbons (Fsp3) is 0.833. The van der Waals surface area contributed by atoms with Gasteiger partial charge in [-0.25, -0.2) is 4.79 Å². The second-order valence-electron chi connectivity index (χ2n) is 2.28. The minimum Gasteiger partial charge on any atom is -0.452 e. The normalized spacial score (nSPS) is 11.2. The maximum Gasteiger partial charge on any atom is 0.451 e. The molecule has 0 aliphatic heterocycles. The van der Waals surface area contributed by atoms with Crippen LogP contribution in [0, 0.1) is 0 Å². The lowest BCUT2D eigenvalue weighted by molar-refractivity contribution is 0.167. The fourth-order valence-electron chi connectivity index (χ4n) is 0.582. The molecule has 0 saturated heterocycles. The van der Waals surface area contributed by atoms with E-state index < -0.39 is 15.4 Å². The Bertz CT molecular complexity index is 230. The van der Waals surface area contributed by atoms with Gasteiger partial charge in [0.05, 0.1) is 6.61 Å². The second kappa shape index (κ2) is 5.10. The molecule has 0 aromatic rings. The molecular formula is C6H12O5S. The van der Waals surface area contributed by atoms with Crippen molar-refractivity contribution in [3.8, 4) is 0 Å². The van der Waals surface area contributed by atoms with Crippen LogP contribution in [0.4, 0.5) is 4.79 Å². The Balaban J connectivity index is 3.60. The summed E-state index contributed by atoms with van der Waals surface area (Å²) in [4.78, 5) is 10.4. The lowest BCUT2D eigenvalue weighted by Crippen LogP contribution is -2.15. The Morgan fingerprint density at radius 2 is 2.00 bits per heavy atom. The van der Waals surface area contributed by atoms with Crippen molar-refractivity contribution in [1.82, 2.24) is 0 Å². The quantitative estimate of drug-likeness (QED) is 0.415. The van der Waals surface area contributed by atoms with Crippen LogP contribution in [0.2, 0.25) is 0 Å². The molecule has 0 spiro atoms. The summed E-state index contributed by atoms with van der Waals surface area (Å²) in [5.41, 5.74) is 0. The zero-order valence-corrected chi connectivity index (χ0v) is 7.63. The highest BCUT2D eigenvalue weighted by atomic mass is 32.2. The number of carbonyl (C=O) groups is 1. The van der Waals surface area contributed by atoms with E-state index in [0.29, 0.717) is 6.42 Å². The molecule has 0 rings (SSSR count). The molecule has 0 unspecified atom stereocenters. The molecule has 1 N–H and O–H groups in total. The number of hydrogen-bond acceptors (Lipinski definition) is 4. The van der Waals surface area contributed by atoms with E-state index in [-0.39, 0.29) is 6.61 Å². The molecule has 0 bridgehead atoms. The standard InChI is InChI=1S/C6H12O5S/c1-2-3-4-5-11-6(7)12(8,9)10/h2-5H2,1H3,(H,8,9,10). The van der Waals surface area contributed by atoms with Crippen LogP contribution in [0.15, 0.2) is 0 Å². The first-order chi connectivity index (χ1) is 5.48. The van der Waals surface area contributed by atoms with E-state index in [2.05, 4.69) is 4.74 Å². The van der Waals surface area contributed by atoms with Gasteiger partial charge in [-0.05, 0) is 6.42 Å². The van der Waals surface area contributed by atoms with Crippen LogP contribution in [0.5, 0.6) is 0 Å². The van der Waals surface area contributed by atoms with Crippen LogP contribution in [0.1, 0.15) is 26.2 Å². The molecule has 6 heteroatoms. The molecule has 0 amide bonds.